The molecule has 0 unspecified atom stereocenters. The molecule has 1 fully saturated rings. The van der Waals surface area contributed by atoms with Crippen molar-refractivity contribution < 1.29 is 9.59 Å². The quantitative estimate of drug-likeness (QED) is 0.831. The van der Waals surface area contributed by atoms with Crippen LogP contribution in [0.2, 0.25) is 0 Å². The summed E-state index contributed by atoms with van der Waals surface area (Å²) in [5, 5.41) is 2.95. The Bertz CT molecular complexity index is 579. The minimum atomic E-state index is -0.465. The van der Waals surface area contributed by atoms with Crippen molar-refractivity contribution in [3.63, 3.8) is 0 Å². The van der Waals surface area contributed by atoms with E-state index in [9.17, 15) is 9.59 Å². The van der Waals surface area contributed by atoms with Crippen molar-refractivity contribution in [2.75, 3.05) is 27.2 Å². The molecule has 0 aliphatic carbocycles. The maximum atomic E-state index is 12.9. The lowest BCUT2D eigenvalue weighted by molar-refractivity contribution is -0.132. The number of nitrogens with one attached hydrogen (secondary N) is 2. The first-order valence-electron chi connectivity index (χ1n) is 8.69. The van der Waals surface area contributed by atoms with E-state index in [1.54, 1.807) is 12.4 Å². The minimum Gasteiger partial charge on any atom is -0.367 e. The molecule has 2 rings (SSSR count). The SMILES string of the molecule is Cc1c[nH]cc1C(=O)N[C@@H](CC(C)C)C(=O)N1CC[C@@H](N(C)C)C1. The number of hydrogen-bond acceptors (Lipinski definition) is 3. The number of nitrogens with zero attached hydrogens (tertiary/aromatic N) is 2. The first-order chi connectivity index (χ1) is 11.3. The van der Waals surface area contributed by atoms with Crippen LogP contribution in [0.15, 0.2) is 12.4 Å². The largest absolute Gasteiger partial charge is 0.367 e. The summed E-state index contributed by atoms with van der Waals surface area (Å²) in [4.78, 5) is 32.4. The Kier molecular flexibility index (Phi) is 6.04. The number of aromatic amines is 1. The topological polar surface area (TPSA) is 68.4 Å². The fourth-order valence-corrected chi connectivity index (χ4v) is 3.20. The van der Waals surface area contributed by atoms with Gasteiger partial charge in [-0.25, -0.2) is 0 Å². The highest BCUT2D eigenvalue weighted by molar-refractivity contribution is 5.98. The van der Waals surface area contributed by atoms with Crippen molar-refractivity contribution in [1.82, 2.24) is 20.1 Å². The van der Waals surface area contributed by atoms with E-state index in [1.807, 2.05) is 25.9 Å². The second-order valence-electron chi connectivity index (χ2n) is 7.40. The molecule has 0 aromatic carbocycles. The van der Waals surface area contributed by atoms with Gasteiger partial charge in [-0.1, -0.05) is 13.8 Å². The molecule has 24 heavy (non-hydrogen) atoms. The molecule has 6 nitrogen and oxygen atoms in total. The number of carbonyl (C=O) groups is 2. The average molecular weight is 334 g/mol. The Labute approximate surface area is 144 Å². The van der Waals surface area contributed by atoms with Gasteiger partial charge in [-0.05, 0) is 45.3 Å². The van der Waals surface area contributed by atoms with E-state index in [2.05, 4.69) is 29.0 Å². The fourth-order valence-electron chi connectivity index (χ4n) is 3.20. The molecule has 0 radical (unpaired) electrons. The molecule has 134 valence electrons. The molecule has 1 aromatic rings. The highest BCUT2D eigenvalue weighted by Crippen LogP contribution is 2.17. The summed E-state index contributed by atoms with van der Waals surface area (Å²) in [6.45, 7) is 7.52. The number of hydrogen-bond donors (Lipinski definition) is 2. The third kappa shape index (κ3) is 4.38. The molecule has 1 saturated heterocycles. The molecule has 0 spiro atoms. The smallest absolute Gasteiger partial charge is 0.253 e. The summed E-state index contributed by atoms with van der Waals surface area (Å²) in [5.74, 6) is 0.185. The lowest BCUT2D eigenvalue weighted by Gasteiger charge is -2.26. The van der Waals surface area contributed by atoms with Crippen LogP contribution in [0.1, 0.15) is 42.6 Å². The van der Waals surface area contributed by atoms with Gasteiger partial charge in [-0.3, -0.25) is 9.59 Å². The number of aryl methyl sites for hydroxylation is 1. The van der Waals surface area contributed by atoms with E-state index >= 15 is 0 Å². The summed E-state index contributed by atoms with van der Waals surface area (Å²) in [5.41, 5.74) is 1.49. The van der Waals surface area contributed by atoms with Gasteiger partial charge < -0.3 is 20.1 Å². The van der Waals surface area contributed by atoms with Gasteiger partial charge in [0, 0.05) is 31.5 Å². The van der Waals surface area contributed by atoms with Crippen molar-refractivity contribution in [1.29, 1.82) is 0 Å². The van der Waals surface area contributed by atoms with E-state index < -0.39 is 6.04 Å². The van der Waals surface area contributed by atoms with Crippen LogP contribution in [-0.4, -0.2) is 65.9 Å². The Morgan fingerprint density at radius 2 is 2.08 bits per heavy atom. The van der Waals surface area contributed by atoms with Crippen LogP contribution < -0.4 is 5.32 Å². The molecule has 1 aliphatic rings. The predicted octanol–water partition coefficient (Wildman–Crippen LogP) is 1.63. The normalized spacial score (nSPS) is 19.1. The Morgan fingerprint density at radius 3 is 2.58 bits per heavy atom. The number of H-pyrrole nitrogens is 1. The Balaban J connectivity index is 2.06. The van der Waals surface area contributed by atoms with Gasteiger partial charge in [0.1, 0.15) is 6.04 Å². The van der Waals surface area contributed by atoms with Gasteiger partial charge in [0.05, 0.1) is 5.56 Å². The molecule has 0 bridgehead atoms. The van der Waals surface area contributed by atoms with E-state index in [4.69, 9.17) is 0 Å². The Hall–Kier alpha value is -1.82. The van der Waals surface area contributed by atoms with Crippen LogP contribution in [0, 0.1) is 12.8 Å². The second kappa shape index (κ2) is 7.83. The van der Waals surface area contributed by atoms with Crippen LogP contribution in [0.5, 0.6) is 0 Å². The second-order valence-corrected chi connectivity index (χ2v) is 7.40. The van der Waals surface area contributed by atoms with Crippen molar-refractivity contribution >= 4 is 11.8 Å². The van der Waals surface area contributed by atoms with Crippen molar-refractivity contribution in [2.45, 2.75) is 45.7 Å². The van der Waals surface area contributed by atoms with Gasteiger partial charge >= 0.3 is 0 Å². The highest BCUT2D eigenvalue weighted by atomic mass is 16.2. The molecule has 1 aliphatic heterocycles. The summed E-state index contributed by atoms with van der Waals surface area (Å²) in [6, 6.07) is -0.0658. The van der Waals surface area contributed by atoms with E-state index in [-0.39, 0.29) is 11.8 Å². The van der Waals surface area contributed by atoms with E-state index in [0.717, 1.165) is 25.1 Å². The van der Waals surface area contributed by atoms with Gasteiger partial charge in [0.15, 0.2) is 0 Å². The molecule has 2 amide bonds. The summed E-state index contributed by atoms with van der Waals surface area (Å²) in [7, 11) is 4.08. The lowest BCUT2D eigenvalue weighted by Crippen LogP contribution is -2.49. The van der Waals surface area contributed by atoms with Crippen LogP contribution in [0.4, 0.5) is 0 Å². The van der Waals surface area contributed by atoms with Crippen molar-refractivity contribution in [3.8, 4) is 0 Å². The van der Waals surface area contributed by atoms with Crippen LogP contribution >= 0.6 is 0 Å². The van der Waals surface area contributed by atoms with Gasteiger partial charge in [0.2, 0.25) is 5.91 Å². The molecule has 2 heterocycles. The third-order valence-electron chi connectivity index (χ3n) is 4.71. The number of carbonyl (C=O) groups excluding carboxylic acids is 2. The lowest BCUT2D eigenvalue weighted by atomic mass is 10.0. The monoisotopic (exact) mass is 334 g/mol. The number of rotatable bonds is 6. The van der Waals surface area contributed by atoms with Crippen LogP contribution in [0.25, 0.3) is 0 Å². The zero-order chi connectivity index (χ0) is 17.9. The van der Waals surface area contributed by atoms with Gasteiger partial charge in [-0.15, -0.1) is 0 Å². The highest BCUT2D eigenvalue weighted by Gasteiger charge is 2.33. The van der Waals surface area contributed by atoms with Crippen molar-refractivity contribution in [2.24, 2.45) is 5.92 Å². The zero-order valence-electron chi connectivity index (χ0n) is 15.4. The first-order valence-corrected chi connectivity index (χ1v) is 8.69. The zero-order valence-corrected chi connectivity index (χ0v) is 15.4. The molecular weight excluding hydrogens is 304 g/mol. The average Bonchev–Trinajstić information content (AvgIpc) is 3.14. The molecule has 0 saturated carbocycles. The fraction of sp³-hybridized carbons (Fsp3) is 0.667. The number of amides is 2. The predicted molar refractivity (Wildman–Crippen MR) is 94.9 cm³/mol. The molecular formula is C18H30N4O2. The number of likely N-dealkylation sites (N-methyl/N-ethyl adjacent to an activating group) is 1. The molecule has 2 atom stereocenters. The summed E-state index contributed by atoms with van der Waals surface area (Å²) in [6.07, 6.45) is 5.10. The summed E-state index contributed by atoms with van der Waals surface area (Å²) < 4.78 is 0. The number of likely N-dealkylation sites (tertiary alicyclic amines) is 1. The maximum absolute atomic E-state index is 12.9. The van der Waals surface area contributed by atoms with E-state index in [0.29, 0.717) is 23.9 Å². The minimum absolute atomic E-state index is 0.0367. The van der Waals surface area contributed by atoms with Crippen molar-refractivity contribution in [3.05, 3.63) is 23.5 Å². The molecule has 1 aromatic heterocycles. The third-order valence-corrected chi connectivity index (χ3v) is 4.71. The first kappa shape index (κ1) is 18.5. The van der Waals surface area contributed by atoms with Crippen LogP contribution in [0.3, 0.4) is 0 Å². The standard InChI is InChI=1S/C18H30N4O2/c1-12(2)8-16(20-17(23)15-10-19-9-13(15)3)18(24)22-7-6-14(11-22)21(4)5/h9-10,12,14,16,19H,6-8,11H2,1-5H3,(H,20,23)/t14-,16+/m1/s1. The number of aromatic nitrogens is 1. The molecule has 2 N–H and O–H groups in total. The van der Waals surface area contributed by atoms with Gasteiger partial charge in [0.25, 0.3) is 5.91 Å². The summed E-state index contributed by atoms with van der Waals surface area (Å²) >= 11 is 0. The molecule has 6 heteroatoms. The van der Waals surface area contributed by atoms with Gasteiger partial charge in [-0.2, -0.15) is 0 Å². The maximum Gasteiger partial charge on any atom is 0.253 e. The Morgan fingerprint density at radius 1 is 1.38 bits per heavy atom. The van der Waals surface area contributed by atoms with Crippen LogP contribution in [-0.2, 0) is 4.79 Å². The van der Waals surface area contributed by atoms with E-state index in [1.165, 1.54) is 0 Å².